The van der Waals surface area contributed by atoms with Gasteiger partial charge in [0.2, 0.25) is 5.91 Å². The van der Waals surface area contributed by atoms with Gasteiger partial charge < -0.3 is 9.64 Å². The molecule has 1 amide bonds. The summed E-state index contributed by atoms with van der Waals surface area (Å²) in [6, 6.07) is 10.4. The van der Waals surface area contributed by atoms with Gasteiger partial charge in [-0.05, 0) is 31.2 Å². The first-order valence-corrected chi connectivity index (χ1v) is 7.73. The van der Waals surface area contributed by atoms with Gasteiger partial charge >= 0.3 is 0 Å². The van der Waals surface area contributed by atoms with Gasteiger partial charge in [-0.2, -0.15) is 0 Å². The summed E-state index contributed by atoms with van der Waals surface area (Å²) in [5.41, 5.74) is 1.31. The average molecular weight is 273 g/mol. The third-order valence-electron chi connectivity index (χ3n) is 4.25. The van der Waals surface area contributed by atoms with Crippen molar-refractivity contribution in [1.29, 1.82) is 0 Å². The smallest absolute Gasteiger partial charge is 0.225 e. The van der Waals surface area contributed by atoms with Crippen molar-refractivity contribution in [2.75, 3.05) is 26.3 Å². The second-order valence-corrected chi connectivity index (χ2v) is 6.02. The van der Waals surface area contributed by atoms with E-state index in [1.54, 1.807) is 0 Å². The van der Waals surface area contributed by atoms with E-state index in [1.807, 2.05) is 6.07 Å². The van der Waals surface area contributed by atoms with Gasteiger partial charge in [0.25, 0.3) is 0 Å². The number of carbonyl (C=O) groups is 1. The minimum atomic E-state index is 0.313. The largest absolute Gasteiger partial charge is 0.381 e. The topological polar surface area (TPSA) is 29.5 Å². The van der Waals surface area contributed by atoms with Crippen molar-refractivity contribution in [1.82, 2.24) is 4.90 Å². The van der Waals surface area contributed by atoms with Gasteiger partial charge in [-0.1, -0.05) is 30.3 Å². The number of hydrogen-bond donors (Lipinski definition) is 0. The molecule has 1 unspecified atom stereocenters. The molecule has 3 heteroatoms. The van der Waals surface area contributed by atoms with Crippen LogP contribution in [-0.4, -0.2) is 37.1 Å². The highest BCUT2D eigenvalue weighted by atomic mass is 16.5. The van der Waals surface area contributed by atoms with Gasteiger partial charge in [0.1, 0.15) is 0 Å². The number of benzene rings is 1. The van der Waals surface area contributed by atoms with Crippen molar-refractivity contribution in [2.24, 2.45) is 11.8 Å². The van der Waals surface area contributed by atoms with E-state index >= 15 is 0 Å². The molecule has 0 bridgehead atoms. The summed E-state index contributed by atoms with van der Waals surface area (Å²) in [6.45, 7) is 3.40. The summed E-state index contributed by atoms with van der Waals surface area (Å²) in [4.78, 5) is 14.5. The number of amides is 1. The molecule has 1 atom stereocenters. The monoisotopic (exact) mass is 273 g/mol. The summed E-state index contributed by atoms with van der Waals surface area (Å²) in [7, 11) is 0. The van der Waals surface area contributed by atoms with Crippen LogP contribution in [0.2, 0.25) is 0 Å². The molecule has 1 saturated heterocycles. The molecule has 108 valence electrons. The summed E-state index contributed by atoms with van der Waals surface area (Å²) in [6.07, 6.45) is 4.22. The van der Waals surface area contributed by atoms with Crippen molar-refractivity contribution >= 4 is 5.91 Å². The number of hydrogen-bond acceptors (Lipinski definition) is 2. The molecule has 1 heterocycles. The Morgan fingerprint density at radius 2 is 2.00 bits per heavy atom. The van der Waals surface area contributed by atoms with E-state index in [0.717, 1.165) is 52.0 Å². The van der Waals surface area contributed by atoms with Gasteiger partial charge in [0, 0.05) is 31.5 Å². The third kappa shape index (κ3) is 3.60. The maximum Gasteiger partial charge on any atom is 0.225 e. The lowest BCUT2D eigenvalue weighted by atomic mass is 10.1. The molecule has 0 N–H and O–H groups in total. The molecule has 0 aromatic heterocycles. The van der Waals surface area contributed by atoms with Crippen LogP contribution in [0.5, 0.6) is 0 Å². The maximum absolute atomic E-state index is 12.4. The fourth-order valence-electron chi connectivity index (χ4n) is 2.83. The predicted octanol–water partition coefficient (Wildman–Crippen LogP) is 2.50. The van der Waals surface area contributed by atoms with Gasteiger partial charge in [-0.3, -0.25) is 4.79 Å². The van der Waals surface area contributed by atoms with Crippen molar-refractivity contribution in [3.05, 3.63) is 35.9 Å². The molecule has 3 nitrogen and oxygen atoms in total. The highest BCUT2D eigenvalue weighted by Crippen LogP contribution is 2.31. The Kier molecular flexibility index (Phi) is 4.36. The van der Waals surface area contributed by atoms with Crippen LogP contribution in [0.15, 0.2) is 30.3 Å². The van der Waals surface area contributed by atoms with Gasteiger partial charge in [-0.15, -0.1) is 0 Å². The first kappa shape index (κ1) is 13.6. The Labute approximate surface area is 120 Å². The Morgan fingerprint density at radius 1 is 1.20 bits per heavy atom. The van der Waals surface area contributed by atoms with Crippen molar-refractivity contribution in [3.63, 3.8) is 0 Å². The molecule has 3 rings (SSSR count). The van der Waals surface area contributed by atoms with Crippen LogP contribution in [0.25, 0.3) is 0 Å². The lowest BCUT2D eigenvalue weighted by Crippen LogP contribution is -2.38. The molecule has 1 aliphatic heterocycles. The zero-order valence-corrected chi connectivity index (χ0v) is 12.0. The minimum Gasteiger partial charge on any atom is -0.381 e. The van der Waals surface area contributed by atoms with Crippen LogP contribution in [0, 0.1) is 11.8 Å². The van der Waals surface area contributed by atoms with E-state index in [-0.39, 0.29) is 0 Å². The molecular formula is C17H23NO2. The van der Waals surface area contributed by atoms with Crippen LogP contribution in [0.4, 0.5) is 0 Å². The quantitative estimate of drug-likeness (QED) is 0.797. The van der Waals surface area contributed by atoms with E-state index < -0.39 is 0 Å². The molecule has 1 saturated carbocycles. The van der Waals surface area contributed by atoms with E-state index in [0.29, 0.717) is 17.7 Å². The Morgan fingerprint density at radius 3 is 2.65 bits per heavy atom. The Balaban J connectivity index is 1.57. The van der Waals surface area contributed by atoms with Gasteiger partial charge in [0.05, 0.1) is 6.61 Å². The highest BCUT2D eigenvalue weighted by Gasteiger charge is 2.34. The summed E-state index contributed by atoms with van der Waals surface area (Å²) < 4.78 is 5.44. The van der Waals surface area contributed by atoms with E-state index in [1.165, 1.54) is 5.56 Å². The van der Waals surface area contributed by atoms with Crippen LogP contribution in [0.3, 0.4) is 0 Å². The minimum absolute atomic E-state index is 0.313. The summed E-state index contributed by atoms with van der Waals surface area (Å²) in [5.74, 6) is 1.22. The fraction of sp³-hybridized carbons (Fsp3) is 0.588. The standard InChI is InChI=1S/C17H23NO2/c19-17(16-6-7-16)18(12-15-9-11-20-13-15)10-8-14-4-2-1-3-5-14/h1-5,15-16H,6-13H2. The van der Waals surface area contributed by atoms with Crippen molar-refractivity contribution in [2.45, 2.75) is 25.7 Å². The van der Waals surface area contributed by atoms with E-state index in [2.05, 4.69) is 29.2 Å². The number of rotatable bonds is 6. The molecule has 2 fully saturated rings. The second-order valence-electron chi connectivity index (χ2n) is 6.02. The number of carbonyl (C=O) groups excluding carboxylic acids is 1. The first-order chi connectivity index (χ1) is 9.83. The lowest BCUT2D eigenvalue weighted by Gasteiger charge is -2.25. The average Bonchev–Trinajstić information content (AvgIpc) is 3.21. The summed E-state index contributed by atoms with van der Waals surface area (Å²) >= 11 is 0. The van der Waals surface area contributed by atoms with Crippen LogP contribution in [0.1, 0.15) is 24.8 Å². The SMILES string of the molecule is O=C(C1CC1)N(CCc1ccccc1)CC1CCOC1. The molecule has 20 heavy (non-hydrogen) atoms. The third-order valence-corrected chi connectivity index (χ3v) is 4.25. The van der Waals surface area contributed by atoms with Gasteiger partial charge in [-0.25, -0.2) is 0 Å². The van der Waals surface area contributed by atoms with Crippen molar-refractivity contribution in [3.8, 4) is 0 Å². The van der Waals surface area contributed by atoms with Crippen LogP contribution in [-0.2, 0) is 16.0 Å². The van der Waals surface area contributed by atoms with E-state index in [4.69, 9.17) is 4.74 Å². The van der Waals surface area contributed by atoms with Crippen molar-refractivity contribution < 1.29 is 9.53 Å². The fourth-order valence-corrected chi connectivity index (χ4v) is 2.83. The van der Waals surface area contributed by atoms with Gasteiger partial charge in [0.15, 0.2) is 0 Å². The van der Waals surface area contributed by atoms with Crippen LogP contribution >= 0.6 is 0 Å². The molecular weight excluding hydrogens is 250 g/mol. The zero-order chi connectivity index (χ0) is 13.8. The molecule has 0 spiro atoms. The highest BCUT2D eigenvalue weighted by molar-refractivity contribution is 5.81. The molecule has 1 aliphatic carbocycles. The lowest BCUT2D eigenvalue weighted by molar-refractivity contribution is -0.133. The molecule has 1 aromatic rings. The summed E-state index contributed by atoms with van der Waals surface area (Å²) in [5, 5.41) is 0. The Hall–Kier alpha value is -1.35. The second kappa shape index (κ2) is 6.40. The Bertz CT molecular complexity index is 436. The maximum atomic E-state index is 12.4. The van der Waals surface area contributed by atoms with Crippen LogP contribution < -0.4 is 0 Å². The molecule has 2 aliphatic rings. The predicted molar refractivity (Wildman–Crippen MR) is 78.4 cm³/mol. The van der Waals surface area contributed by atoms with E-state index in [9.17, 15) is 4.79 Å². The molecule has 0 radical (unpaired) electrons. The molecule has 1 aromatic carbocycles. The zero-order valence-electron chi connectivity index (χ0n) is 12.0. The first-order valence-electron chi connectivity index (χ1n) is 7.73. The number of ether oxygens (including phenoxy) is 1. The number of nitrogens with zero attached hydrogens (tertiary/aromatic N) is 1. The normalized spacial score (nSPS) is 21.9.